The summed E-state index contributed by atoms with van der Waals surface area (Å²) in [6, 6.07) is 7.10. The molecule has 0 unspecified atom stereocenters. The van der Waals surface area contributed by atoms with Crippen LogP contribution in [0.5, 0.6) is 0 Å². The number of likely N-dealkylation sites (N-methyl/N-ethyl adjacent to an activating group) is 1. The molecule has 3 N–H and O–H groups in total. The van der Waals surface area contributed by atoms with E-state index in [1.807, 2.05) is 0 Å². The number of nitrogens with one attached hydrogen (secondary N) is 1. The van der Waals surface area contributed by atoms with Crippen molar-refractivity contribution in [2.45, 2.75) is 31.2 Å². The summed E-state index contributed by atoms with van der Waals surface area (Å²) in [7, 11) is 4.18. The molecule has 1 aliphatic carbocycles. The van der Waals surface area contributed by atoms with Crippen LogP contribution in [0.1, 0.15) is 41.6 Å². The van der Waals surface area contributed by atoms with E-state index in [-0.39, 0.29) is 11.4 Å². The monoisotopic (exact) mass is 305 g/mol. The average molecular weight is 305 g/mol. The zero-order chi connectivity index (χ0) is 15.5. The molecule has 1 amide bonds. The topological polar surface area (TPSA) is 58.4 Å². The summed E-state index contributed by atoms with van der Waals surface area (Å²) in [5, 5.41) is 3.07. The summed E-state index contributed by atoms with van der Waals surface area (Å²) in [4.78, 5) is 14.8. The molecule has 1 fully saturated rings. The van der Waals surface area contributed by atoms with E-state index in [4.69, 9.17) is 18.0 Å². The predicted molar refractivity (Wildman–Crippen MR) is 89.5 cm³/mol. The molecular formula is C16H23N3OS. The van der Waals surface area contributed by atoms with Gasteiger partial charge in [0.1, 0.15) is 4.99 Å². The number of hydrogen-bond donors (Lipinski definition) is 2. The fraction of sp³-hybridized carbons (Fsp3) is 0.500. The first-order chi connectivity index (χ1) is 9.94. The third-order valence-electron chi connectivity index (χ3n) is 4.49. The van der Waals surface area contributed by atoms with Gasteiger partial charge < -0.3 is 16.0 Å². The van der Waals surface area contributed by atoms with Crippen molar-refractivity contribution in [2.75, 3.05) is 20.6 Å². The van der Waals surface area contributed by atoms with E-state index in [0.717, 1.165) is 18.4 Å². The molecule has 5 heteroatoms. The van der Waals surface area contributed by atoms with E-state index in [2.05, 4.69) is 24.3 Å². The number of carbonyl (C=O) groups is 1. The van der Waals surface area contributed by atoms with E-state index in [9.17, 15) is 4.79 Å². The Morgan fingerprint density at radius 1 is 1.24 bits per heavy atom. The number of rotatable bonds is 5. The number of hydrogen-bond acceptors (Lipinski definition) is 3. The average Bonchev–Trinajstić information content (AvgIpc) is 2.95. The minimum absolute atomic E-state index is 0.0439. The van der Waals surface area contributed by atoms with Gasteiger partial charge in [-0.15, -0.1) is 0 Å². The molecule has 4 nitrogen and oxygen atoms in total. The molecule has 21 heavy (non-hydrogen) atoms. The van der Waals surface area contributed by atoms with Gasteiger partial charge in [0.2, 0.25) is 0 Å². The van der Waals surface area contributed by atoms with Crippen molar-refractivity contribution in [1.82, 2.24) is 10.2 Å². The Labute approximate surface area is 131 Å². The number of amides is 1. The lowest BCUT2D eigenvalue weighted by molar-refractivity contribution is 0.0900. The fourth-order valence-electron chi connectivity index (χ4n) is 2.95. The van der Waals surface area contributed by atoms with Crippen molar-refractivity contribution >= 4 is 23.1 Å². The van der Waals surface area contributed by atoms with Gasteiger partial charge in [0, 0.05) is 23.2 Å². The molecule has 114 valence electrons. The molecule has 1 saturated carbocycles. The number of benzene rings is 1. The Kier molecular flexibility index (Phi) is 4.96. The Bertz CT molecular complexity index is 519. The van der Waals surface area contributed by atoms with Crippen LogP contribution in [0, 0.1) is 0 Å². The molecule has 0 bridgehead atoms. The van der Waals surface area contributed by atoms with Gasteiger partial charge in [-0.25, -0.2) is 0 Å². The van der Waals surface area contributed by atoms with Gasteiger partial charge in [-0.3, -0.25) is 4.79 Å². The van der Waals surface area contributed by atoms with E-state index in [0.29, 0.717) is 17.1 Å². The molecule has 0 atom stereocenters. The highest BCUT2D eigenvalue weighted by Crippen LogP contribution is 2.33. The Morgan fingerprint density at radius 3 is 2.24 bits per heavy atom. The maximum Gasteiger partial charge on any atom is 0.251 e. The molecule has 0 radical (unpaired) electrons. The fourth-order valence-corrected chi connectivity index (χ4v) is 3.08. The van der Waals surface area contributed by atoms with Crippen molar-refractivity contribution in [2.24, 2.45) is 5.73 Å². The Balaban J connectivity index is 1.99. The normalized spacial score (nSPS) is 16.9. The summed E-state index contributed by atoms with van der Waals surface area (Å²) >= 11 is 4.91. The van der Waals surface area contributed by atoms with Crippen LogP contribution >= 0.6 is 12.2 Å². The second kappa shape index (κ2) is 6.54. The highest BCUT2D eigenvalue weighted by molar-refractivity contribution is 7.80. The Hall–Kier alpha value is -1.46. The van der Waals surface area contributed by atoms with Gasteiger partial charge in [0.25, 0.3) is 5.91 Å². The van der Waals surface area contributed by atoms with Crippen LogP contribution < -0.4 is 11.1 Å². The van der Waals surface area contributed by atoms with Crippen molar-refractivity contribution in [3.63, 3.8) is 0 Å². The van der Waals surface area contributed by atoms with Gasteiger partial charge in [-0.2, -0.15) is 0 Å². The summed E-state index contributed by atoms with van der Waals surface area (Å²) in [5.74, 6) is -0.0439. The number of thiocarbonyl (C=S) groups is 1. The van der Waals surface area contributed by atoms with Crippen LogP contribution in [0.25, 0.3) is 0 Å². The van der Waals surface area contributed by atoms with Crippen LogP contribution in [-0.4, -0.2) is 42.0 Å². The molecule has 2 rings (SSSR count). The molecule has 0 aliphatic heterocycles. The van der Waals surface area contributed by atoms with Crippen molar-refractivity contribution in [3.05, 3.63) is 35.4 Å². The molecular weight excluding hydrogens is 282 g/mol. The molecule has 1 aliphatic rings. The first kappa shape index (κ1) is 15.9. The standard InChI is InChI=1S/C16H23N3OS/c1-19(2)16(9-3-4-10-16)11-18-15(20)13-7-5-12(6-8-13)14(17)21/h5-8H,3-4,9-11H2,1-2H3,(H2,17,21)(H,18,20). The minimum atomic E-state index is -0.0439. The van der Waals surface area contributed by atoms with E-state index in [1.54, 1.807) is 24.3 Å². The quantitative estimate of drug-likeness (QED) is 0.816. The van der Waals surface area contributed by atoms with Gasteiger partial charge in [-0.05, 0) is 39.1 Å². The minimum Gasteiger partial charge on any atom is -0.389 e. The third kappa shape index (κ3) is 3.60. The highest BCUT2D eigenvalue weighted by Gasteiger charge is 2.36. The van der Waals surface area contributed by atoms with Gasteiger partial charge in [0.05, 0.1) is 0 Å². The lowest BCUT2D eigenvalue weighted by Gasteiger charge is -2.36. The maximum absolute atomic E-state index is 12.3. The second-order valence-corrected chi connectivity index (χ2v) is 6.39. The highest BCUT2D eigenvalue weighted by atomic mass is 32.1. The van der Waals surface area contributed by atoms with Crippen LogP contribution in [-0.2, 0) is 0 Å². The molecule has 0 heterocycles. The van der Waals surface area contributed by atoms with E-state index >= 15 is 0 Å². The van der Waals surface area contributed by atoms with Crippen molar-refractivity contribution in [1.29, 1.82) is 0 Å². The lowest BCUT2D eigenvalue weighted by atomic mass is 9.96. The zero-order valence-electron chi connectivity index (χ0n) is 12.7. The summed E-state index contributed by atoms with van der Waals surface area (Å²) in [6.07, 6.45) is 4.74. The summed E-state index contributed by atoms with van der Waals surface area (Å²) in [5.41, 5.74) is 7.08. The van der Waals surface area contributed by atoms with E-state index in [1.165, 1.54) is 12.8 Å². The number of nitrogens with zero attached hydrogens (tertiary/aromatic N) is 1. The van der Waals surface area contributed by atoms with Crippen LogP contribution in [0.15, 0.2) is 24.3 Å². The number of nitrogens with two attached hydrogens (primary N) is 1. The molecule has 0 aromatic heterocycles. The largest absolute Gasteiger partial charge is 0.389 e. The molecule has 0 spiro atoms. The summed E-state index contributed by atoms with van der Waals surface area (Å²) in [6.45, 7) is 0.690. The lowest BCUT2D eigenvalue weighted by Crippen LogP contribution is -2.50. The Morgan fingerprint density at radius 2 is 1.76 bits per heavy atom. The van der Waals surface area contributed by atoms with Gasteiger partial charge in [-0.1, -0.05) is 37.2 Å². The first-order valence-electron chi connectivity index (χ1n) is 7.30. The van der Waals surface area contributed by atoms with Crippen LogP contribution in [0.4, 0.5) is 0 Å². The van der Waals surface area contributed by atoms with Crippen LogP contribution in [0.3, 0.4) is 0 Å². The van der Waals surface area contributed by atoms with Gasteiger partial charge >= 0.3 is 0 Å². The zero-order valence-corrected chi connectivity index (χ0v) is 13.5. The van der Waals surface area contributed by atoms with Crippen LogP contribution in [0.2, 0.25) is 0 Å². The molecule has 0 saturated heterocycles. The van der Waals surface area contributed by atoms with Crippen molar-refractivity contribution < 1.29 is 4.79 Å². The first-order valence-corrected chi connectivity index (χ1v) is 7.71. The molecule has 1 aromatic rings. The number of carbonyl (C=O) groups excluding carboxylic acids is 1. The van der Waals surface area contributed by atoms with Gasteiger partial charge in [0.15, 0.2) is 0 Å². The second-order valence-electron chi connectivity index (χ2n) is 5.95. The van der Waals surface area contributed by atoms with E-state index < -0.39 is 0 Å². The maximum atomic E-state index is 12.3. The molecule has 1 aromatic carbocycles. The smallest absolute Gasteiger partial charge is 0.251 e. The third-order valence-corrected chi connectivity index (χ3v) is 4.73. The van der Waals surface area contributed by atoms with Crippen molar-refractivity contribution in [3.8, 4) is 0 Å². The SMILES string of the molecule is CN(C)C1(CNC(=O)c2ccc(C(N)=S)cc2)CCCC1. The summed E-state index contributed by atoms with van der Waals surface area (Å²) < 4.78 is 0. The predicted octanol–water partition coefficient (Wildman–Crippen LogP) is 1.92.